The highest BCUT2D eigenvalue weighted by Gasteiger charge is 2.69. The molecule has 0 aromatic carbocycles. The van der Waals surface area contributed by atoms with Gasteiger partial charge in [-0.05, 0) is 76.5 Å². The van der Waals surface area contributed by atoms with E-state index in [0.29, 0.717) is 13.0 Å². The van der Waals surface area contributed by atoms with E-state index in [9.17, 15) is 24.0 Å². The van der Waals surface area contributed by atoms with E-state index >= 15 is 0 Å². The van der Waals surface area contributed by atoms with E-state index in [2.05, 4.69) is 43.0 Å². The first-order chi connectivity index (χ1) is 20.3. The molecule has 0 bridgehead atoms. The Morgan fingerprint density at radius 1 is 0.953 bits per heavy atom. The molecule has 0 aromatic rings. The van der Waals surface area contributed by atoms with E-state index in [1.165, 1.54) is 6.08 Å². The number of rotatable bonds is 14. The summed E-state index contributed by atoms with van der Waals surface area (Å²) in [6.45, 7) is 19.8. The summed E-state index contributed by atoms with van der Waals surface area (Å²) in [7, 11) is 0. The smallest absolute Gasteiger partial charge is 0.318 e. The Morgan fingerprint density at radius 2 is 1.58 bits per heavy atom. The number of carbonyl (C=O) groups excluding carboxylic acids is 5. The number of nitrogens with one attached hydrogen (secondary N) is 3. The van der Waals surface area contributed by atoms with Crippen LogP contribution in [0.2, 0.25) is 0 Å². The van der Waals surface area contributed by atoms with Crippen LogP contribution in [0.3, 0.4) is 0 Å². The molecular weight excluding hydrogens is 546 g/mol. The number of ketones is 1. The first-order valence-electron chi connectivity index (χ1n) is 16.0. The molecule has 1 heterocycles. The van der Waals surface area contributed by atoms with E-state index in [-0.39, 0.29) is 60.2 Å². The number of nitrogens with zero attached hydrogens (tertiary/aromatic N) is 2. The van der Waals surface area contributed by atoms with Crippen LogP contribution in [0.25, 0.3) is 0 Å². The lowest BCUT2D eigenvalue weighted by molar-refractivity contribution is -0.144. The zero-order valence-electron chi connectivity index (χ0n) is 27.0. The Kier molecular flexibility index (Phi) is 11.6. The van der Waals surface area contributed by atoms with Crippen LogP contribution in [0.4, 0.5) is 4.79 Å². The number of hydrogen-bond acceptors (Lipinski definition) is 5. The molecule has 3 rings (SSSR count). The third-order valence-corrected chi connectivity index (χ3v) is 9.70. The van der Waals surface area contributed by atoms with Crippen LogP contribution in [-0.4, -0.2) is 82.6 Å². The lowest BCUT2D eigenvalue weighted by Gasteiger charge is -2.39. The van der Waals surface area contributed by atoms with Gasteiger partial charge in [-0.1, -0.05) is 45.3 Å². The maximum atomic E-state index is 14.4. The summed E-state index contributed by atoms with van der Waals surface area (Å²) >= 11 is 0. The van der Waals surface area contributed by atoms with Crippen molar-refractivity contribution in [2.75, 3.05) is 13.1 Å². The zero-order valence-corrected chi connectivity index (χ0v) is 27.0. The first kappa shape index (κ1) is 34.3. The highest BCUT2D eigenvalue weighted by molar-refractivity contribution is 6.38. The number of Topliss-reactive ketones (excluding diaryl/α,β-unsaturated/α-hetero) is 1. The molecule has 3 fully saturated rings. The standard InChI is InChI=1S/C33H53N5O5/c1-9-11-17-24(28(39)30(41)34-18-10-2)35-29(40)27-25-23(33(25,7)8)19-37(27)31(42)26(22-15-13-12-14-16-22)36-32(43)38(20(3)4)21(5)6/h9-10,20-27H,1-2,11-19H2,3-8H3,(H,34,41)(H,35,40)(H,36,43)/t23?,24-,25?,26+,27+/m1/s1. The summed E-state index contributed by atoms with van der Waals surface area (Å²) in [4.78, 5) is 70.8. The van der Waals surface area contributed by atoms with Crippen LogP contribution in [0, 0.1) is 23.2 Å². The van der Waals surface area contributed by atoms with Gasteiger partial charge in [0.25, 0.3) is 5.91 Å². The lowest BCUT2D eigenvalue weighted by Crippen LogP contribution is -2.61. The van der Waals surface area contributed by atoms with Crippen LogP contribution >= 0.6 is 0 Å². The number of amides is 5. The van der Waals surface area contributed by atoms with Crippen molar-refractivity contribution in [1.29, 1.82) is 0 Å². The number of carbonyl (C=O) groups is 5. The average molecular weight is 600 g/mol. The quantitative estimate of drug-likeness (QED) is 0.208. The van der Waals surface area contributed by atoms with E-state index < -0.39 is 35.7 Å². The van der Waals surface area contributed by atoms with E-state index in [0.717, 1.165) is 32.1 Å². The number of allylic oxidation sites excluding steroid dienone is 1. The van der Waals surface area contributed by atoms with Gasteiger partial charge in [0, 0.05) is 25.2 Å². The van der Waals surface area contributed by atoms with Crippen molar-refractivity contribution in [1.82, 2.24) is 25.8 Å². The summed E-state index contributed by atoms with van der Waals surface area (Å²) in [6.07, 6.45) is 8.50. The molecule has 0 radical (unpaired) electrons. The molecule has 5 amide bonds. The largest absolute Gasteiger partial charge is 0.346 e. The molecule has 2 saturated carbocycles. The van der Waals surface area contributed by atoms with Crippen molar-refractivity contribution >= 4 is 29.5 Å². The molecule has 2 unspecified atom stereocenters. The molecule has 3 aliphatic rings. The Balaban J connectivity index is 1.88. The van der Waals surface area contributed by atoms with Gasteiger partial charge in [-0.25, -0.2) is 4.79 Å². The van der Waals surface area contributed by atoms with Crippen LogP contribution in [0.15, 0.2) is 25.3 Å². The van der Waals surface area contributed by atoms with Crippen molar-refractivity contribution in [3.8, 4) is 0 Å². The van der Waals surface area contributed by atoms with Gasteiger partial charge in [0.1, 0.15) is 12.1 Å². The average Bonchev–Trinajstić information content (AvgIpc) is 3.28. The number of likely N-dealkylation sites (tertiary alicyclic amines) is 1. The van der Waals surface area contributed by atoms with Crippen LogP contribution < -0.4 is 16.0 Å². The third-order valence-electron chi connectivity index (χ3n) is 9.70. The summed E-state index contributed by atoms with van der Waals surface area (Å²) in [5, 5.41) is 8.41. The number of urea groups is 1. The van der Waals surface area contributed by atoms with E-state index in [1.54, 1.807) is 15.9 Å². The molecule has 0 spiro atoms. The number of piperidine rings is 1. The molecule has 2 aliphatic carbocycles. The Labute approximate surface area is 257 Å². The Bertz CT molecular complexity index is 1070. The van der Waals surface area contributed by atoms with Crippen molar-refractivity contribution in [3.63, 3.8) is 0 Å². The Hall–Kier alpha value is -3.17. The third kappa shape index (κ3) is 7.68. The molecule has 10 heteroatoms. The molecule has 1 saturated heterocycles. The van der Waals surface area contributed by atoms with Crippen LogP contribution in [0.5, 0.6) is 0 Å². The fourth-order valence-electron chi connectivity index (χ4n) is 7.33. The van der Waals surface area contributed by atoms with Gasteiger partial charge in [-0.3, -0.25) is 19.2 Å². The minimum Gasteiger partial charge on any atom is -0.346 e. The van der Waals surface area contributed by atoms with Crippen LogP contribution in [0.1, 0.15) is 86.5 Å². The van der Waals surface area contributed by atoms with Gasteiger partial charge < -0.3 is 25.8 Å². The molecule has 1 aliphatic heterocycles. The normalized spacial score (nSPS) is 24.0. The first-order valence-corrected chi connectivity index (χ1v) is 16.0. The maximum Gasteiger partial charge on any atom is 0.318 e. The van der Waals surface area contributed by atoms with Gasteiger partial charge in [0.05, 0.1) is 6.04 Å². The summed E-state index contributed by atoms with van der Waals surface area (Å²) < 4.78 is 0. The molecule has 0 aromatic heterocycles. The second-order valence-corrected chi connectivity index (χ2v) is 13.6. The molecular formula is C33H53N5O5. The minimum absolute atomic E-state index is 0.0181. The summed E-state index contributed by atoms with van der Waals surface area (Å²) in [5.74, 6) is -2.18. The molecule has 5 atom stereocenters. The van der Waals surface area contributed by atoms with Crippen molar-refractivity contribution < 1.29 is 24.0 Å². The van der Waals surface area contributed by atoms with Gasteiger partial charge in [0.2, 0.25) is 17.6 Å². The van der Waals surface area contributed by atoms with Gasteiger partial charge in [0.15, 0.2) is 0 Å². The monoisotopic (exact) mass is 599 g/mol. The van der Waals surface area contributed by atoms with E-state index in [4.69, 9.17) is 0 Å². The second kappa shape index (κ2) is 14.5. The van der Waals surface area contributed by atoms with Gasteiger partial charge in [-0.15, -0.1) is 13.2 Å². The predicted octanol–water partition coefficient (Wildman–Crippen LogP) is 3.57. The van der Waals surface area contributed by atoms with Crippen molar-refractivity contribution in [3.05, 3.63) is 25.3 Å². The highest BCUT2D eigenvalue weighted by Crippen LogP contribution is 2.65. The Morgan fingerprint density at radius 3 is 2.14 bits per heavy atom. The second-order valence-electron chi connectivity index (χ2n) is 13.6. The van der Waals surface area contributed by atoms with Crippen molar-refractivity contribution in [2.45, 2.75) is 117 Å². The fraction of sp³-hybridized carbons (Fsp3) is 0.727. The minimum atomic E-state index is -1.05. The number of fused-ring (bicyclic) bond motifs is 1. The molecule has 10 nitrogen and oxygen atoms in total. The molecule has 43 heavy (non-hydrogen) atoms. The molecule has 240 valence electrons. The highest BCUT2D eigenvalue weighted by atomic mass is 16.2. The maximum absolute atomic E-state index is 14.4. The fourth-order valence-corrected chi connectivity index (χ4v) is 7.33. The van der Waals surface area contributed by atoms with Gasteiger partial charge in [-0.2, -0.15) is 0 Å². The zero-order chi connectivity index (χ0) is 32.1. The lowest BCUT2D eigenvalue weighted by atomic mass is 9.83. The number of hydrogen-bond donors (Lipinski definition) is 3. The van der Waals surface area contributed by atoms with Gasteiger partial charge >= 0.3 is 6.03 Å². The topological polar surface area (TPSA) is 128 Å². The van der Waals surface area contributed by atoms with Crippen LogP contribution in [-0.2, 0) is 19.2 Å². The summed E-state index contributed by atoms with van der Waals surface area (Å²) in [5.41, 5.74) is -0.142. The SMILES string of the molecule is C=CCC[C@@H](NC(=O)[C@@H]1C2C(CN1C(=O)[C@@H](NC(=O)N(C(C)C)C(C)C)C1CCCCC1)C2(C)C)C(=O)C(=O)NCC=C. The predicted molar refractivity (Wildman–Crippen MR) is 167 cm³/mol. The van der Waals surface area contributed by atoms with E-state index in [1.807, 2.05) is 27.7 Å². The van der Waals surface area contributed by atoms with Crippen molar-refractivity contribution in [2.24, 2.45) is 23.2 Å². The summed E-state index contributed by atoms with van der Waals surface area (Å²) in [6, 6.07) is -2.96. The molecule has 3 N–H and O–H groups in total.